The van der Waals surface area contributed by atoms with Crippen LogP contribution < -0.4 is 5.69 Å². The van der Waals surface area contributed by atoms with Gasteiger partial charge in [0.25, 0.3) is 0 Å². The van der Waals surface area contributed by atoms with Crippen molar-refractivity contribution in [2.45, 2.75) is 25.9 Å². The summed E-state index contributed by atoms with van der Waals surface area (Å²) in [6.07, 6.45) is 2.04. The maximum atomic E-state index is 12.5. The SMILES string of the molecule is CCN(C(=O)Cn1nc2ccccn2c1=O)C1CCS(=O)(=O)C1. The topological polar surface area (TPSA) is 93.8 Å². The van der Waals surface area contributed by atoms with E-state index >= 15 is 0 Å². The van der Waals surface area contributed by atoms with Crippen molar-refractivity contribution >= 4 is 21.4 Å². The molecule has 1 fully saturated rings. The van der Waals surface area contributed by atoms with Crippen LogP contribution in [0.15, 0.2) is 29.2 Å². The lowest BCUT2D eigenvalue weighted by atomic mass is 10.2. The van der Waals surface area contributed by atoms with Crippen molar-refractivity contribution in [2.75, 3.05) is 18.1 Å². The van der Waals surface area contributed by atoms with E-state index in [4.69, 9.17) is 0 Å². The third-order valence-corrected chi connectivity index (χ3v) is 5.83. The monoisotopic (exact) mass is 338 g/mol. The van der Waals surface area contributed by atoms with Crippen LogP contribution in [0.2, 0.25) is 0 Å². The number of nitrogens with zero attached hydrogens (tertiary/aromatic N) is 4. The Bertz CT molecular complexity index is 899. The molecule has 124 valence electrons. The quantitative estimate of drug-likeness (QED) is 0.751. The summed E-state index contributed by atoms with van der Waals surface area (Å²) in [4.78, 5) is 26.2. The van der Waals surface area contributed by atoms with Gasteiger partial charge in [0.1, 0.15) is 6.54 Å². The Labute approximate surface area is 133 Å². The minimum absolute atomic E-state index is 0.00730. The summed E-state index contributed by atoms with van der Waals surface area (Å²) in [6, 6.07) is 4.84. The Morgan fingerprint density at radius 3 is 2.83 bits per heavy atom. The van der Waals surface area contributed by atoms with Crippen LogP contribution in [0.4, 0.5) is 0 Å². The molecule has 8 nitrogen and oxygen atoms in total. The molecule has 0 saturated carbocycles. The Morgan fingerprint density at radius 1 is 1.43 bits per heavy atom. The zero-order chi connectivity index (χ0) is 16.6. The number of sulfone groups is 1. The zero-order valence-electron chi connectivity index (χ0n) is 12.8. The molecule has 1 unspecified atom stereocenters. The average molecular weight is 338 g/mol. The lowest BCUT2D eigenvalue weighted by molar-refractivity contribution is -0.133. The number of likely N-dealkylation sites (N-methyl/N-ethyl adjacent to an activating group) is 1. The molecule has 0 spiro atoms. The molecule has 2 aromatic heterocycles. The van der Waals surface area contributed by atoms with E-state index in [0.717, 1.165) is 4.68 Å². The third kappa shape index (κ3) is 3.00. The minimum Gasteiger partial charge on any atom is -0.337 e. The number of carbonyl (C=O) groups is 1. The summed E-state index contributed by atoms with van der Waals surface area (Å²) in [5, 5.41) is 4.13. The van der Waals surface area contributed by atoms with E-state index in [-0.39, 0.29) is 35.7 Å². The molecule has 0 bridgehead atoms. The van der Waals surface area contributed by atoms with E-state index < -0.39 is 9.84 Å². The van der Waals surface area contributed by atoms with Crippen LogP contribution in [0, 0.1) is 0 Å². The number of rotatable bonds is 4. The van der Waals surface area contributed by atoms with E-state index in [1.165, 1.54) is 9.30 Å². The number of hydrogen-bond donors (Lipinski definition) is 0. The molecule has 0 radical (unpaired) electrons. The van der Waals surface area contributed by atoms with Crippen LogP contribution in [-0.4, -0.2) is 57.5 Å². The van der Waals surface area contributed by atoms with Gasteiger partial charge in [0.05, 0.1) is 11.5 Å². The fourth-order valence-electron chi connectivity index (χ4n) is 2.95. The van der Waals surface area contributed by atoms with Crippen molar-refractivity contribution in [1.82, 2.24) is 19.1 Å². The zero-order valence-corrected chi connectivity index (χ0v) is 13.6. The van der Waals surface area contributed by atoms with Crippen molar-refractivity contribution in [3.63, 3.8) is 0 Å². The van der Waals surface area contributed by atoms with Crippen molar-refractivity contribution in [1.29, 1.82) is 0 Å². The fourth-order valence-corrected chi connectivity index (χ4v) is 4.68. The Balaban J connectivity index is 1.82. The van der Waals surface area contributed by atoms with E-state index in [1.807, 2.05) is 0 Å². The Kier molecular flexibility index (Phi) is 3.97. The largest absolute Gasteiger partial charge is 0.350 e. The summed E-state index contributed by atoms with van der Waals surface area (Å²) < 4.78 is 25.7. The smallest absolute Gasteiger partial charge is 0.337 e. The van der Waals surface area contributed by atoms with Crippen LogP contribution in [-0.2, 0) is 21.2 Å². The van der Waals surface area contributed by atoms with E-state index in [0.29, 0.717) is 18.6 Å². The lowest BCUT2D eigenvalue weighted by Gasteiger charge is -2.26. The second-order valence-corrected chi connectivity index (χ2v) is 7.83. The molecular formula is C14H18N4O4S. The predicted molar refractivity (Wildman–Crippen MR) is 83.9 cm³/mol. The highest BCUT2D eigenvalue weighted by Crippen LogP contribution is 2.18. The van der Waals surface area contributed by atoms with Gasteiger partial charge in [-0.3, -0.25) is 9.20 Å². The van der Waals surface area contributed by atoms with Gasteiger partial charge in [-0.1, -0.05) is 6.07 Å². The van der Waals surface area contributed by atoms with Crippen LogP contribution in [0.1, 0.15) is 13.3 Å². The standard InChI is InChI=1S/C14H18N4O4S/c1-2-16(11-6-8-23(21,22)10-11)13(19)9-18-14(20)17-7-4-3-5-12(17)15-18/h3-5,7,11H,2,6,8-10H2,1H3. The number of aromatic nitrogens is 3. The first-order valence-electron chi connectivity index (χ1n) is 7.45. The number of amides is 1. The molecule has 0 N–H and O–H groups in total. The van der Waals surface area contributed by atoms with Gasteiger partial charge in [0.15, 0.2) is 15.5 Å². The molecule has 1 amide bonds. The first kappa shape index (κ1) is 15.7. The van der Waals surface area contributed by atoms with Crippen LogP contribution in [0.5, 0.6) is 0 Å². The molecule has 0 aromatic carbocycles. The number of carbonyl (C=O) groups excluding carboxylic acids is 1. The summed E-state index contributed by atoms with van der Waals surface area (Å²) in [5.74, 6) is -0.192. The maximum absolute atomic E-state index is 12.5. The molecular weight excluding hydrogens is 320 g/mol. The van der Waals surface area contributed by atoms with Gasteiger partial charge in [-0.2, -0.15) is 0 Å². The van der Waals surface area contributed by atoms with E-state index in [9.17, 15) is 18.0 Å². The van der Waals surface area contributed by atoms with Gasteiger partial charge in [-0.15, -0.1) is 5.10 Å². The molecule has 1 aliphatic rings. The molecule has 9 heteroatoms. The van der Waals surface area contributed by atoms with Gasteiger partial charge in [0.2, 0.25) is 5.91 Å². The van der Waals surface area contributed by atoms with Gasteiger partial charge in [0, 0.05) is 18.8 Å². The van der Waals surface area contributed by atoms with Gasteiger partial charge < -0.3 is 4.90 Å². The predicted octanol–water partition coefficient (Wildman–Crippen LogP) is -0.468. The molecule has 3 heterocycles. The highest BCUT2D eigenvalue weighted by molar-refractivity contribution is 7.91. The van der Waals surface area contributed by atoms with Gasteiger partial charge >= 0.3 is 5.69 Å². The first-order valence-corrected chi connectivity index (χ1v) is 9.27. The van der Waals surface area contributed by atoms with Gasteiger partial charge in [-0.25, -0.2) is 17.9 Å². The van der Waals surface area contributed by atoms with Crippen molar-refractivity contribution in [2.24, 2.45) is 0 Å². The Morgan fingerprint density at radius 2 is 2.22 bits per heavy atom. The second-order valence-electron chi connectivity index (χ2n) is 5.61. The van der Waals surface area contributed by atoms with Gasteiger partial charge in [-0.05, 0) is 25.5 Å². The van der Waals surface area contributed by atoms with Crippen molar-refractivity contribution < 1.29 is 13.2 Å². The van der Waals surface area contributed by atoms with Crippen LogP contribution in [0.3, 0.4) is 0 Å². The third-order valence-electron chi connectivity index (χ3n) is 4.08. The molecule has 3 rings (SSSR count). The number of pyridine rings is 1. The molecule has 1 saturated heterocycles. The Hall–Kier alpha value is -2.16. The van der Waals surface area contributed by atoms with E-state index in [1.54, 1.807) is 31.3 Å². The fraction of sp³-hybridized carbons (Fsp3) is 0.500. The minimum atomic E-state index is -3.07. The first-order chi connectivity index (χ1) is 10.9. The number of fused-ring (bicyclic) bond motifs is 1. The normalized spacial score (nSPS) is 20.0. The van der Waals surface area contributed by atoms with Crippen LogP contribution >= 0.6 is 0 Å². The molecule has 23 heavy (non-hydrogen) atoms. The summed E-state index contributed by atoms with van der Waals surface area (Å²) >= 11 is 0. The second kappa shape index (κ2) is 5.80. The number of hydrogen-bond acceptors (Lipinski definition) is 5. The molecule has 0 aliphatic carbocycles. The van der Waals surface area contributed by atoms with Crippen LogP contribution in [0.25, 0.3) is 5.65 Å². The van der Waals surface area contributed by atoms with Crippen molar-refractivity contribution in [3.05, 3.63) is 34.9 Å². The van der Waals surface area contributed by atoms with E-state index in [2.05, 4.69) is 5.10 Å². The highest BCUT2D eigenvalue weighted by atomic mass is 32.2. The van der Waals surface area contributed by atoms with Crippen molar-refractivity contribution in [3.8, 4) is 0 Å². The molecule has 1 atom stereocenters. The summed E-state index contributed by atoms with van der Waals surface area (Å²) in [6.45, 7) is 2.02. The maximum Gasteiger partial charge on any atom is 0.350 e. The molecule has 1 aliphatic heterocycles. The summed E-state index contributed by atoms with van der Waals surface area (Å²) in [5.41, 5.74) is 0.0841. The molecule has 2 aromatic rings. The summed E-state index contributed by atoms with van der Waals surface area (Å²) in [7, 11) is -3.07. The average Bonchev–Trinajstić information content (AvgIpc) is 3.01. The lowest BCUT2D eigenvalue weighted by Crippen LogP contribution is -2.43. The highest BCUT2D eigenvalue weighted by Gasteiger charge is 2.34.